The third-order valence-corrected chi connectivity index (χ3v) is 4.90. The molecule has 142 valence electrons. The van der Waals surface area contributed by atoms with Gasteiger partial charge >= 0.3 is 0 Å². The molecule has 7 nitrogen and oxygen atoms in total. The molecular formula is C21H21N5O2. The lowest BCUT2D eigenvalue weighted by atomic mass is 10.1. The van der Waals surface area contributed by atoms with Crippen LogP contribution in [0.5, 0.6) is 0 Å². The van der Waals surface area contributed by atoms with E-state index in [0.29, 0.717) is 11.4 Å². The van der Waals surface area contributed by atoms with Crippen molar-refractivity contribution in [1.29, 1.82) is 0 Å². The summed E-state index contributed by atoms with van der Waals surface area (Å²) in [6.45, 7) is 2.72. The van der Waals surface area contributed by atoms with Gasteiger partial charge in [-0.1, -0.05) is 18.2 Å². The Morgan fingerprint density at radius 1 is 1.14 bits per heavy atom. The van der Waals surface area contributed by atoms with E-state index in [9.17, 15) is 9.59 Å². The maximum absolute atomic E-state index is 13.3. The molecular weight excluding hydrogens is 354 g/mol. The molecule has 3 heterocycles. The smallest absolute Gasteiger partial charge is 0.279 e. The molecule has 4 rings (SSSR count). The van der Waals surface area contributed by atoms with Gasteiger partial charge in [0.05, 0.1) is 11.7 Å². The SMILES string of the molecule is CC1CCCN(c2ccccc2)N1C(=O)c1cnc(-c2cccnc2)[nH]c1=O. The van der Waals surface area contributed by atoms with Gasteiger partial charge in [-0.15, -0.1) is 0 Å². The Morgan fingerprint density at radius 3 is 2.68 bits per heavy atom. The summed E-state index contributed by atoms with van der Waals surface area (Å²) in [6.07, 6.45) is 6.48. The second-order valence-electron chi connectivity index (χ2n) is 6.82. The summed E-state index contributed by atoms with van der Waals surface area (Å²) in [4.78, 5) is 37.0. The highest BCUT2D eigenvalue weighted by atomic mass is 16.2. The normalized spacial score (nSPS) is 16.8. The molecule has 0 saturated carbocycles. The minimum atomic E-state index is -0.454. The van der Waals surface area contributed by atoms with Crippen molar-refractivity contribution < 1.29 is 4.79 Å². The van der Waals surface area contributed by atoms with E-state index in [1.165, 1.54) is 6.20 Å². The fraction of sp³-hybridized carbons (Fsp3) is 0.238. The Hall–Kier alpha value is -3.48. The highest BCUT2D eigenvalue weighted by molar-refractivity contribution is 5.95. The molecule has 2 aromatic heterocycles. The van der Waals surface area contributed by atoms with Gasteiger partial charge in [-0.05, 0) is 44.0 Å². The van der Waals surface area contributed by atoms with Crippen molar-refractivity contribution in [2.75, 3.05) is 11.6 Å². The predicted molar refractivity (Wildman–Crippen MR) is 107 cm³/mol. The average molecular weight is 375 g/mol. The molecule has 1 atom stereocenters. The molecule has 1 unspecified atom stereocenters. The quantitative estimate of drug-likeness (QED) is 0.761. The van der Waals surface area contributed by atoms with Crippen LogP contribution in [-0.2, 0) is 0 Å². The van der Waals surface area contributed by atoms with Crippen LogP contribution in [0.1, 0.15) is 30.1 Å². The number of anilines is 1. The van der Waals surface area contributed by atoms with Crippen LogP contribution >= 0.6 is 0 Å². The van der Waals surface area contributed by atoms with Gasteiger partial charge < -0.3 is 4.98 Å². The van der Waals surface area contributed by atoms with E-state index < -0.39 is 5.56 Å². The van der Waals surface area contributed by atoms with E-state index in [4.69, 9.17) is 0 Å². The lowest BCUT2D eigenvalue weighted by molar-refractivity contribution is 0.0606. The number of nitrogens with one attached hydrogen (secondary N) is 1. The molecule has 0 radical (unpaired) electrons. The number of nitrogens with zero attached hydrogens (tertiary/aromatic N) is 4. The van der Waals surface area contributed by atoms with Gasteiger partial charge in [-0.3, -0.25) is 19.6 Å². The van der Waals surface area contributed by atoms with Crippen LogP contribution in [-0.4, -0.2) is 38.5 Å². The van der Waals surface area contributed by atoms with Crippen LogP contribution in [0.4, 0.5) is 5.69 Å². The van der Waals surface area contributed by atoms with Gasteiger partial charge in [0.25, 0.3) is 11.5 Å². The van der Waals surface area contributed by atoms with Crippen LogP contribution in [0.2, 0.25) is 0 Å². The van der Waals surface area contributed by atoms with Crippen LogP contribution in [0.25, 0.3) is 11.4 Å². The van der Waals surface area contributed by atoms with Crippen molar-refractivity contribution in [2.45, 2.75) is 25.8 Å². The summed E-state index contributed by atoms with van der Waals surface area (Å²) in [7, 11) is 0. The molecule has 1 amide bonds. The molecule has 7 heteroatoms. The number of hydrogen-bond donors (Lipinski definition) is 1. The van der Waals surface area contributed by atoms with E-state index in [2.05, 4.69) is 15.0 Å². The highest BCUT2D eigenvalue weighted by Crippen LogP contribution is 2.26. The van der Waals surface area contributed by atoms with Crippen molar-refractivity contribution in [2.24, 2.45) is 0 Å². The predicted octanol–water partition coefficient (Wildman–Crippen LogP) is 2.88. The first kappa shape index (κ1) is 17.9. The first-order valence-corrected chi connectivity index (χ1v) is 9.31. The zero-order valence-corrected chi connectivity index (χ0v) is 15.6. The summed E-state index contributed by atoms with van der Waals surface area (Å²) < 4.78 is 0. The number of aromatic amines is 1. The molecule has 1 N–H and O–H groups in total. The molecule has 1 fully saturated rings. The minimum absolute atomic E-state index is 0.0149. The number of carbonyl (C=O) groups is 1. The Balaban J connectivity index is 1.68. The van der Waals surface area contributed by atoms with Crippen molar-refractivity contribution in [3.05, 3.63) is 77.0 Å². The molecule has 28 heavy (non-hydrogen) atoms. The molecule has 1 aliphatic rings. The molecule has 3 aromatic rings. The number of aromatic nitrogens is 3. The third-order valence-electron chi connectivity index (χ3n) is 4.90. The monoisotopic (exact) mass is 375 g/mol. The summed E-state index contributed by atoms with van der Waals surface area (Å²) in [5.74, 6) is 0.0452. The molecule has 1 aliphatic heterocycles. The summed E-state index contributed by atoms with van der Waals surface area (Å²) in [6, 6.07) is 13.3. The van der Waals surface area contributed by atoms with Crippen LogP contribution in [0, 0.1) is 0 Å². The summed E-state index contributed by atoms with van der Waals surface area (Å²) in [5.41, 5.74) is 1.20. The molecule has 1 saturated heterocycles. The lowest BCUT2D eigenvalue weighted by Crippen LogP contribution is -2.55. The number of pyridine rings is 1. The number of carbonyl (C=O) groups excluding carboxylic acids is 1. The van der Waals surface area contributed by atoms with Crippen molar-refractivity contribution >= 4 is 11.6 Å². The largest absolute Gasteiger partial charge is 0.306 e. The zero-order chi connectivity index (χ0) is 19.5. The highest BCUT2D eigenvalue weighted by Gasteiger charge is 2.32. The van der Waals surface area contributed by atoms with Gasteiger partial charge in [0.2, 0.25) is 0 Å². The number of hydrogen-bond acceptors (Lipinski definition) is 5. The minimum Gasteiger partial charge on any atom is -0.306 e. The Kier molecular flexibility index (Phi) is 4.89. The fourth-order valence-electron chi connectivity index (χ4n) is 3.49. The van der Waals surface area contributed by atoms with Gasteiger partial charge in [0, 0.05) is 30.7 Å². The Labute approximate surface area is 162 Å². The summed E-state index contributed by atoms with van der Waals surface area (Å²) in [5, 5.41) is 3.62. The van der Waals surface area contributed by atoms with Gasteiger partial charge in [-0.25, -0.2) is 9.99 Å². The number of rotatable bonds is 3. The standard InChI is InChI=1S/C21H21N5O2/c1-15-7-6-12-25(17-9-3-2-4-10-17)26(15)21(28)18-14-23-19(24-20(18)27)16-8-5-11-22-13-16/h2-5,8-11,13-15H,6-7,12H2,1H3,(H,23,24,27). The van der Waals surface area contributed by atoms with E-state index >= 15 is 0 Å². The fourth-order valence-corrected chi connectivity index (χ4v) is 3.49. The number of benzene rings is 1. The zero-order valence-electron chi connectivity index (χ0n) is 15.6. The van der Waals surface area contributed by atoms with E-state index in [-0.39, 0.29) is 17.5 Å². The van der Waals surface area contributed by atoms with E-state index in [0.717, 1.165) is 25.1 Å². The van der Waals surface area contributed by atoms with E-state index in [1.807, 2.05) is 42.3 Å². The van der Waals surface area contributed by atoms with Crippen molar-refractivity contribution in [3.8, 4) is 11.4 Å². The maximum Gasteiger partial charge on any atom is 0.279 e. The third kappa shape index (κ3) is 3.38. The van der Waals surface area contributed by atoms with E-state index in [1.54, 1.807) is 29.5 Å². The topological polar surface area (TPSA) is 82.2 Å². The number of para-hydroxylation sites is 1. The maximum atomic E-state index is 13.3. The van der Waals surface area contributed by atoms with Crippen molar-refractivity contribution in [1.82, 2.24) is 20.0 Å². The average Bonchev–Trinajstić information content (AvgIpc) is 2.74. The van der Waals surface area contributed by atoms with Crippen molar-refractivity contribution in [3.63, 3.8) is 0 Å². The van der Waals surface area contributed by atoms with Crippen LogP contribution in [0.15, 0.2) is 65.8 Å². The second kappa shape index (κ2) is 7.64. The molecule has 1 aromatic carbocycles. The number of hydrazine groups is 1. The van der Waals surface area contributed by atoms with Gasteiger partial charge in [-0.2, -0.15) is 0 Å². The first-order valence-electron chi connectivity index (χ1n) is 9.31. The Morgan fingerprint density at radius 2 is 1.96 bits per heavy atom. The number of H-pyrrole nitrogens is 1. The lowest BCUT2D eigenvalue weighted by Gasteiger charge is -2.44. The van der Waals surface area contributed by atoms with Gasteiger partial charge in [0.15, 0.2) is 0 Å². The summed E-state index contributed by atoms with van der Waals surface area (Å²) >= 11 is 0. The molecule has 0 bridgehead atoms. The Bertz CT molecular complexity index is 1020. The van der Waals surface area contributed by atoms with Gasteiger partial charge in [0.1, 0.15) is 11.4 Å². The molecule has 0 aliphatic carbocycles. The molecule has 0 spiro atoms. The number of amides is 1. The van der Waals surface area contributed by atoms with Crippen LogP contribution < -0.4 is 10.6 Å². The van der Waals surface area contributed by atoms with Crippen LogP contribution in [0.3, 0.4) is 0 Å². The first-order chi connectivity index (χ1) is 13.6. The second-order valence-corrected chi connectivity index (χ2v) is 6.82.